The van der Waals surface area contributed by atoms with Crippen LogP contribution < -0.4 is 10.6 Å². The Morgan fingerprint density at radius 1 is 1.27 bits per heavy atom. The maximum absolute atomic E-state index is 8.50. The average Bonchev–Trinajstić information content (AvgIpc) is 2.85. The van der Waals surface area contributed by atoms with Gasteiger partial charge in [-0.2, -0.15) is 0 Å². The zero-order valence-corrected chi connectivity index (χ0v) is 8.87. The first kappa shape index (κ1) is 10.5. The normalized spacial score (nSPS) is 21.8. The van der Waals surface area contributed by atoms with Crippen LogP contribution in [0.4, 0.5) is 5.69 Å². The van der Waals surface area contributed by atoms with Crippen molar-refractivity contribution in [3.8, 4) is 0 Å². The third kappa shape index (κ3) is 2.94. The molecule has 0 spiro atoms. The highest BCUT2D eigenvalue weighted by molar-refractivity contribution is 5.49. The zero-order valence-electron chi connectivity index (χ0n) is 8.87. The summed E-state index contributed by atoms with van der Waals surface area (Å²) in [6.45, 7) is 2.41. The van der Waals surface area contributed by atoms with E-state index in [-0.39, 0.29) is 0 Å². The van der Waals surface area contributed by atoms with E-state index in [0.29, 0.717) is 12.6 Å². The Balaban J connectivity index is 0.000000115. The highest BCUT2D eigenvalue weighted by Crippen LogP contribution is 2.15. The minimum atomic E-state index is 0.306. The third-order valence-electron chi connectivity index (χ3n) is 2.83. The highest BCUT2D eigenvalue weighted by Gasteiger charge is 2.10. The number of rotatable bonds is 1. The van der Waals surface area contributed by atoms with Gasteiger partial charge in [-0.25, -0.2) is 0 Å². The van der Waals surface area contributed by atoms with E-state index < -0.39 is 0 Å². The Morgan fingerprint density at radius 3 is 2.27 bits per heavy atom. The summed E-state index contributed by atoms with van der Waals surface area (Å²) in [6, 6.07) is 8.88. The van der Waals surface area contributed by atoms with Crippen LogP contribution in [-0.2, 0) is 6.54 Å². The van der Waals surface area contributed by atoms with Crippen molar-refractivity contribution in [2.75, 3.05) is 18.5 Å². The van der Waals surface area contributed by atoms with Gasteiger partial charge >= 0.3 is 0 Å². The molecule has 3 heterocycles. The van der Waals surface area contributed by atoms with E-state index in [1.165, 1.54) is 17.7 Å². The minimum absolute atomic E-state index is 0.306. The standard InChI is InChI=1S/C7H7N.C5H11NO/c1-3-7-4-2-6(1)5-8-7;7-4-5-2-1-3-6-5/h1-4,8H,5H2;5-7H,1-4H2. The summed E-state index contributed by atoms with van der Waals surface area (Å²) in [5.41, 5.74) is 2.61. The summed E-state index contributed by atoms with van der Waals surface area (Å²) >= 11 is 0. The van der Waals surface area contributed by atoms with E-state index >= 15 is 0 Å². The Labute approximate surface area is 90.5 Å². The molecule has 82 valence electrons. The van der Waals surface area contributed by atoms with E-state index in [1.807, 2.05) is 0 Å². The topological polar surface area (TPSA) is 44.3 Å². The molecule has 15 heavy (non-hydrogen) atoms. The molecule has 1 atom stereocenters. The monoisotopic (exact) mass is 206 g/mol. The van der Waals surface area contributed by atoms with Crippen LogP contribution in [0.3, 0.4) is 0 Å². The van der Waals surface area contributed by atoms with Crippen LogP contribution in [-0.4, -0.2) is 24.3 Å². The molecule has 1 aromatic rings. The Bertz CT molecular complexity index is 268. The van der Waals surface area contributed by atoms with Gasteiger partial charge in [-0.3, -0.25) is 0 Å². The molecule has 0 amide bonds. The summed E-state index contributed by atoms with van der Waals surface area (Å²) in [7, 11) is 0. The van der Waals surface area contributed by atoms with Crippen LogP contribution in [0.2, 0.25) is 0 Å². The lowest BCUT2D eigenvalue weighted by molar-refractivity contribution is 0.255. The quantitative estimate of drug-likeness (QED) is 0.650. The van der Waals surface area contributed by atoms with E-state index in [4.69, 9.17) is 5.11 Å². The second-order valence-corrected chi connectivity index (χ2v) is 4.03. The second-order valence-electron chi connectivity index (χ2n) is 4.03. The summed E-state index contributed by atoms with van der Waals surface area (Å²) in [4.78, 5) is 0. The first-order valence-corrected chi connectivity index (χ1v) is 5.55. The van der Waals surface area contributed by atoms with Gasteiger partial charge < -0.3 is 15.7 Å². The average molecular weight is 206 g/mol. The van der Waals surface area contributed by atoms with Crippen LogP contribution in [0.5, 0.6) is 0 Å². The Kier molecular flexibility index (Phi) is 3.59. The number of nitrogens with one attached hydrogen (secondary N) is 2. The van der Waals surface area contributed by atoms with Gasteiger partial charge in [0.1, 0.15) is 0 Å². The van der Waals surface area contributed by atoms with Crippen LogP contribution >= 0.6 is 0 Å². The Hall–Kier alpha value is -1.06. The summed E-state index contributed by atoms with van der Waals surface area (Å²) < 4.78 is 0. The molecule has 3 heteroatoms. The van der Waals surface area contributed by atoms with Crippen molar-refractivity contribution >= 4 is 5.69 Å². The number of benzene rings is 1. The fourth-order valence-electron chi connectivity index (χ4n) is 1.86. The SMILES string of the molecule is OCC1CCCN1.c1cc2ccc1CN2. The lowest BCUT2D eigenvalue weighted by atomic mass is 10.1. The molecule has 0 aliphatic carbocycles. The van der Waals surface area contributed by atoms with Crippen LogP contribution in [0.1, 0.15) is 18.4 Å². The summed E-state index contributed by atoms with van der Waals surface area (Å²) in [5, 5.41) is 14.9. The van der Waals surface area contributed by atoms with E-state index in [1.54, 1.807) is 0 Å². The lowest BCUT2D eigenvalue weighted by Crippen LogP contribution is -2.24. The Morgan fingerprint density at radius 2 is 2.07 bits per heavy atom. The van der Waals surface area contributed by atoms with E-state index in [2.05, 4.69) is 34.9 Å². The molecule has 3 nitrogen and oxygen atoms in total. The van der Waals surface area contributed by atoms with Crippen molar-refractivity contribution in [1.82, 2.24) is 5.32 Å². The number of hydrogen-bond acceptors (Lipinski definition) is 3. The molecule has 1 aromatic carbocycles. The van der Waals surface area contributed by atoms with Crippen molar-refractivity contribution in [2.45, 2.75) is 25.4 Å². The van der Waals surface area contributed by atoms with Gasteiger partial charge in [0, 0.05) is 18.3 Å². The summed E-state index contributed by atoms with van der Waals surface area (Å²) in [5.74, 6) is 0. The number of fused-ring (bicyclic) bond motifs is 3. The maximum atomic E-state index is 8.50. The number of anilines is 1. The molecule has 4 rings (SSSR count). The van der Waals surface area contributed by atoms with Gasteiger partial charge in [-0.1, -0.05) is 12.1 Å². The smallest absolute Gasteiger partial charge is 0.0584 e. The fraction of sp³-hybridized carbons (Fsp3) is 0.500. The second kappa shape index (κ2) is 5.14. The van der Waals surface area contributed by atoms with Gasteiger partial charge in [0.05, 0.1) is 6.61 Å². The summed E-state index contributed by atoms with van der Waals surface area (Å²) in [6.07, 6.45) is 2.38. The lowest BCUT2D eigenvalue weighted by Gasteiger charge is -2.12. The predicted molar refractivity (Wildman–Crippen MR) is 61.9 cm³/mol. The van der Waals surface area contributed by atoms with E-state index in [0.717, 1.165) is 19.5 Å². The predicted octanol–water partition coefficient (Wildman–Crippen LogP) is 1.34. The molecule has 3 N–H and O–H groups in total. The molecule has 0 saturated carbocycles. The molecule has 1 saturated heterocycles. The molecular weight excluding hydrogens is 188 g/mol. The fourth-order valence-corrected chi connectivity index (χ4v) is 1.86. The van der Waals surface area contributed by atoms with Crippen LogP contribution in [0.15, 0.2) is 24.3 Å². The van der Waals surface area contributed by atoms with Gasteiger partial charge in [-0.05, 0) is 37.1 Å². The van der Waals surface area contributed by atoms with Crippen molar-refractivity contribution in [3.63, 3.8) is 0 Å². The van der Waals surface area contributed by atoms with Crippen molar-refractivity contribution < 1.29 is 5.11 Å². The molecule has 2 bridgehead atoms. The van der Waals surface area contributed by atoms with Crippen molar-refractivity contribution in [3.05, 3.63) is 29.8 Å². The highest BCUT2D eigenvalue weighted by atomic mass is 16.3. The maximum Gasteiger partial charge on any atom is 0.0584 e. The van der Waals surface area contributed by atoms with Gasteiger partial charge in [0.2, 0.25) is 0 Å². The first-order chi connectivity index (χ1) is 7.38. The van der Waals surface area contributed by atoms with Gasteiger partial charge in [0.25, 0.3) is 0 Å². The third-order valence-corrected chi connectivity index (χ3v) is 2.83. The van der Waals surface area contributed by atoms with Crippen LogP contribution in [0.25, 0.3) is 0 Å². The number of aliphatic hydroxyl groups is 1. The first-order valence-electron chi connectivity index (χ1n) is 5.55. The van der Waals surface area contributed by atoms with Gasteiger partial charge in [-0.15, -0.1) is 0 Å². The molecule has 3 aliphatic rings. The molecule has 0 radical (unpaired) electrons. The van der Waals surface area contributed by atoms with Crippen molar-refractivity contribution in [1.29, 1.82) is 0 Å². The zero-order chi connectivity index (χ0) is 10.5. The molecule has 1 fully saturated rings. The molecular formula is C12H18N2O. The molecule has 3 aliphatic heterocycles. The van der Waals surface area contributed by atoms with Gasteiger partial charge in [0.15, 0.2) is 0 Å². The van der Waals surface area contributed by atoms with Crippen molar-refractivity contribution in [2.24, 2.45) is 0 Å². The number of aliphatic hydroxyl groups excluding tert-OH is 1. The van der Waals surface area contributed by atoms with E-state index in [9.17, 15) is 0 Å². The molecule has 1 unspecified atom stereocenters. The largest absolute Gasteiger partial charge is 0.395 e. The number of hydrogen-bond donors (Lipinski definition) is 3. The molecule has 0 aromatic heterocycles. The minimum Gasteiger partial charge on any atom is -0.395 e. The van der Waals surface area contributed by atoms with Crippen LogP contribution in [0, 0.1) is 0 Å².